The largest absolute Gasteiger partial charge is 0.352 e. The molecular formula is C14H16ClNO. The van der Waals surface area contributed by atoms with E-state index in [1.165, 1.54) is 11.1 Å². The van der Waals surface area contributed by atoms with Gasteiger partial charge in [0.2, 0.25) is 5.91 Å². The molecule has 2 atom stereocenters. The number of hydrogen-bond donors (Lipinski definition) is 1. The Balaban J connectivity index is 2.07. The van der Waals surface area contributed by atoms with Crippen LogP contribution in [0.3, 0.4) is 0 Å². The van der Waals surface area contributed by atoms with E-state index in [4.69, 9.17) is 11.6 Å². The summed E-state index contributed by atoms with van der Waals surface area (Å²) in [4.78, 5) is 11.5. The molecule has 3 heteroatoms. The van der Waals surface area contributed by atoms with Crippen molar-refractivity contribution in [2.24, 2.45) is 0 Å². The molecule has 1 fully saturated rings. The van der Waals surface area contributed by atoms with Crippen molar-refractivity contribution in [3.8, 4) is 0 Å². The number of rotatable bonds is 0. The van der Waals surface area contributed by atoms with E-state index in [-0.39, 0.29) is 17.4 Å². The van der Waals surface area contributed by atoms with E-state index in [1.807, 2.05) is 6.07 Å². The van der Waals surface area contributed by atoms with Crippen molar-refractivity contribution in [3.63, 3.8) is 0 Å². The van der Waals surface area contributed by atoms with Crippen LogP contribution in [-0.2, 0) is 16.6 Å². The van der Waals surface area contributed by atoms with Gasteiger partial charge in [0.1, 0.15) is 0 Å². The topological polar surface area (TPSA) is 29.1 Å². The summed E-state index contributed by atoms with van der Waals surface area (Å²) in [5, 5.41) is 3.95. The number of nitrogens with one attached hydrogen (secondary N) is 1. The third-order valence-electron chi connectivity index (χ3n) is 4.36. The maximum atomic E-state index is 11.5. The van der Waals surface area contributed by atoms with Crippen molar-refractivity contribution in [1.82, 2.24) is 5.32 Å². The molecular weight excluding hydrogens is 234 g/mol. The lowest BCUT2D eigenvalue weighted by Crippen LogP contribution is -2.55. The van der Waals surface area contributed by atoms with Crippen LogP contribution in [0, 0.1) is 0 Å². The van der Waals surface area contributed by atoms with Gasteiger partial charge in [0.25, 0.3) is 0 Å². The third kappa shape index (κ3) is 1.66. The summed E-state index contributed by atoms with van der Waals surface area (Å²) in [6.07, 6.45) is 3.61. The second kappa shape index (κ2) is 3.74. The van der Waals surface area contributed by atoms with Crippen LogP contribution >= 0.6 is 11.6 Å². The van der Waals surface area contributed by atoms with Gasteiger partial charge in [0.05, 0.1) is 0 Å². The number of carbonyl (C=O) groups is 1. The van der Waals surface area contributed by atoms with Gasteiger partial charge in [-0.2, -0.15) is 0 Å². The molecule has 3 rings (SSSR count). The van der Waals surface area contributed by atoms with Gasteiger partial charge in [-0.25, -0.2) is 0 Å². The zero-order valence-electron chi connectivity index (χ0n) is 9.92. The minimum atomic E-state index is 0.0894. The Labute approximate surface area is 106 Å². The standard InChI is InChI=1S/C14H16ClNO/c1-14-7-6-13(17)16-12(14)5-2-9-8-10(15)3-4-11(9)14/h3-4,8,12H,2,5-7H2,1H3,(H,16,17). The summed E-state index contributed by atoms with van der Waals surface area (Å²) in [6, 6.07) is 6.47. The number of carbonyl (C=O) groups excluding carboxylic acids is 1. The van der Waals surface area contributed by atoms with Crippen LogP contribution in [0.5, 0.6) is 0 Å². The predicted octanol–water partition coefficient (Wildman–Crippen LogP) is 2.82. The summed E-state index contributed by atoms with van der Waals surface area (Å²) in [7, 11) is 0. The van der Waals surface area contributed by atoms with Crippen LogP contribution in [0.15, 0.2) is 18.2 Å². The Morgan fingerprint density at radius 3 is 3.06 bits per heavy atom. The highest BCUT2D eigenvalue weighted by Gasteiger charge is 2.43. The van der Waals surface area contributed by atoms with Gasteiger partial charge >= 0.3 is 0 Å². The molecule has 0 radical (unpaired) electrons. The maximum Gasteiger partial charge on any atom is 0.220 e. The molecule has 90 valence electrons. The van der Waals surface area contributed by atoms with E-state index < -0.39 is 0 Å². The molecule has 1 aliphatic heterocycles. The van der Waals surface area contributed by atoms with E-state index >= 15 is 0 Å². The van der Waals surface area contributed by atoms with Crippen molar-refractivity contribution in [2.45, 2.75) is 44.1 Å². The van der Waals surface area contributed by atoms with Gasteiger partial charge in [0.15, 0.2) is 0 Å². The lowest BCUT2D eigenvalue weighted by Gasteiger charge is -2.46. The van der Waals surface area contributed by atoms with Gasteiger partial charge in [0, 0.05) is 22.9 Å². The van der Waals surface area contributed by atoms with Gasteiger partial charge < -0.3 is 5.32 Å². The second-order valence-electron chi connectivity index (χ2n) is 5.38. The molecule has 0 bridgehead atoms. The monoisotopic (exact) mass is 249 g/mol. The van der Waals surface area contributed by atoms with Crippen LogP contribution < -0.4 is 5.32 Å². The van der Waals surface area contributed by atoms with Crippen LogP contribution in [0.1, 0.15) is 37.3 Å². The molecule has 1 heterocycles. The third-order valence-corrected chi connectivity index (χ3v) is 4.60. The van der Waals surface area contributed by atoms with Crippen molar-refractivity contribution in [1.29, 1.82) is 0 Å². The molecule has 2 nitrogen and oxygen atoms in total. The van der Waals surface area contributed by atoms with Crippen molar-refractivity contribution in [3.05, 3.63) is 34.3 Å². The summed E-state index contributed by atoms with van der Waals surface area (Å²) in [6.45, 7) is 2.27. The van der Waals surface area contributed by atoms with Crippen LogP contribution in [0.4, 0.5) is 0 Å². The van der Waals surface area contributed by atoms with Crippen molar-refractivity contribution >= 4 is 17.5 Å². The summed E-state index contributed by atoms with van der Waals surface area (Å²) in [5.41, 5.74) is 2.82. The van der Waals surface area contributed by atoms with Crippen molar-refractivity contribution in [2.75, 3.05) is 0 Å². The van der Waals surface area contributed by atoms with Gasteiger partial charge in [-0.15, -0.1) is 0 Å². The molecule has 0 aromatic heterocycles. The van der Waals surface area contributed by atoms with E-state index in [2.05, 4.69) is 24.4 Å². The Kier molecular flexibility index (Phi) is 2.44. The first-order chi connectivity index (χ1) is 8.09. The molecule has 17 heavy (non-hydrogen) atoms. The van der Waals surface area contributed by atoms with Crippen molar-refractivity contribution < 1.29 is 4.79 Å². The van der Waals surface area contributed by atoms with Gasteiger partial charge in [-0.1, -0.05) is 24.6 Å². The van der Waals surface area contributed by atoms with Gasteiger partial charge in [-0.3, -0.25) is 4.79 Å². The predicted molar refractivity (Wildman–Crippen MR) is 68.3 cm³/mol. The molecule has 1 aromatic carbocycles. The Hall–Kier alpha value is -1.02. The highest BCUT2D eigenvalue weighted by molar-refractivity contribution is 6.30. The zero-order valence-corrected chi connectivity index (χ0v) is 10.7. The second-order valence-corrected chi connectivity index (χ2v) is 5.81. The fourth-order valence-corrected chi connectivity index (χ4v) is 3.51. The fourth-order valence-electron chi connectivity index (χ4n) is 3.31. The molecule has 1 N–H and O–H groups in total. The molecule has 0 saturated carbocycles. The summed E-state index contributed by atoms with van der Waals surface area (Å²) >= 11 is 6.05. The van der Waals surface area contributed by atoms with Crippen LogP contribution in [-0.4, -0.2) is 11.9 Å². The Morgan fingerprint density at radius 2 is 2.24 bits per heavy atom. The lowest BCUT2D eigenvalue weighted by molar-refractivity contribution is -0.125. The fraction of sp³-hybridized carbons (Fsp3) is 0.500. The quantitative estimate of drug-likeness (QED) is 0.753. The number of benzene rings is 1. The first-order valence-electron chi connectivity index (χ1n) is 6.18. The molecule has 0 spiro atoms. The normalized spacial score (nSPS) is 31.4. The number of piperidine rings is 1. The molecule has 2 aliphatic rings. The Morgan fingerprint density at radius 1 is 1.41 bits per heavy atom. The van der Waals surface area contributed by atoms with E-state index in [9.17, 15) is 4.79 Å². The minimum Gasteiger partial charge on any atom is -0.352 e. The highest BCUT2D eigenvalue weighted by Crippen LogP contribution is 2.43. The average molecular weight is 250 g/mol. The molecule has 2 unspecified atom stereocenters. The molecule has 1 aromatic rings. The zero-order chi connectivity index (χ0) is 12.0. The minimum absolute atomic E-state index is 0.0894. The SMILES string of the molecule is CC12CCC(=O)NC1CCc1cc(Cl)ccc12. The van der Waals surface area contributed by atoms with E-state index in [1.54, 1.807) is 0 Å². The van der Waals surface area contributed by atoms with Gasteiger partial charge in [-0.05, 0) is 42.5 Å². The number of hydrogen-bond acceptors (Lipinski definition) is 1. The van der Waals surface area contributed by atoms with E-state index in [0.717, 1.165) is 24.3 Å². The molecule has 1 saturated heterocycles. The first-order valence-corrected chi connectivity index (χ1v) is 6.56. The molecule has 1 amide bonds. The number of halogens is 1. The number of fused-ring (bicyclic) bond motifs is 3. The Bertz CT molecular complexity index is 485. The van der Waals surface area contributed by atoms with E-state index in [0.29, 0.717) is 6.42 Å². The smallest absolute Gasteiger partial charge is 0.220 e. The van der Waals surface area contributed by atoms with Crippen LogP contribution in [0.25, 0.3) is 0 Å². The average Bonchev–Trinajstić information content (AvgIpc) is 2.30. The summed E-state index contributed by atoms with van der Waals surface area (Å²) in [5.74, 6) is 0.199. The first kappa shape index (κ1) is 11.1. The molecule has 1 aliphatic carbocycles. The highest BCUT2D eigenvalue weighted by atomic mass is 35.5. The van der Waals surface area contributed by atoms with Crippen LogP contribution in [0.2, 0.25) is 5.02 Å². The summed E-state index contributed by atoms with van der Waals surface area (Å²) < 4.78 is 0. The number of amides is 1. The number of aryl methyl sites for hydroxylation is 1. The maximum absolute atomic E-state index is 11.5. The lowest BCUT2D eigenvalue weighted by atomic mass is 9.64.